The molecule has 1 amide bonds. The summed E-state index contributed by atoms with van der Waals surface area (Å²) in [7, 11) is 0. The van der Waals surface area contributed by atoms with Gasteiger partial charge in [-0.05, 0) is 60.2 Å². The van der Waals surface area contributed by atoms with Gasteiger partial charge in [0.05, 0.1) is 26.8 Å². The number of fused-ring (bicyclic) bond motifs is 1. The average molecular weight is 500 g/mol. The number of amides is 1. The minimum Gasteiger partial charge on any atom is -0.457 e. The second-order valence-electron chi connectivity index (χ2n) is 7.73. The van der Waals surface area contributed by atoms with E-state index < -0.39 is 0 Å². The molecule has 5 nitrogen and oxygen atoms in total. The molecule has 35 heavy (non-hydrogen) atoms. The lowest BCUT2D eigenvalue weighted by Crippen LogP contribution is -2.22. The highest BCUT2D eigenvalue weighted by atomic mass is 35.5. The van der Waals surface area contributed by atoms with Gasteiger partial charge in [-0.25, -0.2) is 4.98 Å². The van der Waals surface area contributed by atoms with Crippen LogP contribution in [0.1, 0.15) is 21.7 Å². The first-order chi connectivity index (χ1) is 17.0. The van der Waals surface area contributed by atoms with Crippen molar-refractivity contribution >= 4 is 51.9 Å². The number of halogens is 2. The number of hydrogen-bond acceptors (Lipinski definition) is 3. The van der Waals surface area contributed by atoms with Crippen LogP contribution in [0.15, 0.2) is 97.1 Å². The van der Waals surface area contributed by atoms with Gasteiger partial charge in [-0.3, -0.25) is 4.79 Å². The Bertz CT molecular complexity index is 1490. The van der Waals surface area contributed by atoms with Crippen LogP contribution in [0.3, 0.4) is 0 Å². The van der Waals surface area contributed by atoms with Crippen LogP contribution < -0.4 is 10.1 Å². The molecule has 5 aromatic rings. The first kappa shape index (κ1) is 22.7. The number of carbonyl (C=O) groups excluding carboxylic acids is 1. The highest BCUT2D eigenvalue weighted by Crippen LogP contribution is 2.30. The SMILES string of the molecule is O=C(N/C(=C/c1ccc(Oc2ccc(Cl)c(Cl)c2)cc1)c1nc2ccccc2[nH]1)c1ccccc1. The predicted molar refractivity (Wildman–Crippen MR) is 141 cm³/mol. The third-order valence-corrected chi connectivity index (χ3v) is 5.99. The summed E-state index contributed by atoms with van der Waals surface area (Å²) < 4.78 is 5.87. The maximum absolute atomic E-state index is 12.9. The molecular formula is C28H19Cl2N3O2. The molecule has 0 spiro atoms. The summed E-state index contributed by atoms with van der Waals surface area (Å²) in [4.78, 5) is 20.9. The highest BCUT2D eigenvalue weighted by molar-refractivity contribution is 6.42. The van der Waals surface area contributed by atoms with Gasteiger partial charge in [-0.2, -0.15) is 0 Å². The van der Waals surface area contributed by atoms with Crippen molar-refractivity contribution < 1.29 is 9.53 Å². The summed E-state index contributed by atoms with van der Waals surface area (Å²) in [6.45, 7) is 0. The summed E-state index contributed by atoms with van der Waals surface area (Å²) in [6.07, 6.45) is 1.86. The van der Waals surface area contributed by atoms with Crippen molar-refractivity contribution in [2.75, 3.05) is 0 Å². The maximum atomic E-state index is 12.9. The van der Waals surface area contributed by atoms with Gasteiger partial charge in [0.1, 0.15) is 11.5 Å². The van der Waals surface area contributed by atoms with Crippen LogP contribution in [-0.2, 0) is 0 Å². The Labute approximate surface area is 212 Å². The van der Waals surface area contributed by atoms with Gasteiger partial charge in [0, 0.05) is 11.6 Å². The van der Waals surface area contributed by atoms with E-state index >= 15 is 0 Å². The molecule has 2 N–H and O–H groups in total. The number of para-hydroxylation sites is 2. The summed E-state index contributed by atoms with van der Waals surface area (Å²) in [5, 5.41) is 3.89. The Balaban J connectivity index is 1.44. The van der Waals surface area contributed by atoms with E-state index in [9.17, 15) is 4.79 Å². The maximum Gasteiger partial charge on any atom is 0.255 e. The van der Waals surface area contributed by atoms with Crippen LogP contribution >= 0.6 is 23.2 Å². The smallest absolute Gasteiger partial charge is 0.255 e. The normalized spacial score (nSPS) is 11.4. The van der Waals surface area contributed by atoms with E-state index in [1.54, 1.807) is 30.3 Å². The molecule has 0 aliphatic rings. The molecule has 0 fully saturated rings. The van der Waals surface area contributed by atoms with E-state index in [-0.39, 0.29) is 5.91 Å². The predicted octanol–water partition coefficient (Wildman–Crippen LogP) is 7.59. The molecule has 0 saturated heterocycles. The summed E-state index contributed by atoms with van der Waals surface area (Å²) in [6, 6.07) is 29.3. The van der Waals surface area contributed by atoms with Crippen molar-refractivity contribution in [3.8, 4) is 11.5 Å². The number of H-pyrrole nitrogens is 1. The first-order valence-corrected chi connectivity index (χ1v) is 11.6. The Morgan fingerprint density at radius 3 is 2.29 bits per heavy atom. The standard InChI is InChI=1S/C28H19Cl2N3O2/c29-22-15-14-21(17-23(22)30)35-20-12-10-18(11-13-20)16-26(33-28(34)19-6-2-1-3-7-19)27-31-24-8-4-5-9-25(24)32-27/h1-17H,(H,31,32)(H,33,34)/b26-16+. The van der Waals surface area contributed by atoms with Crippen LogP contribution in [0.25, 0.3) is 22.8 Å². The zero-order valence-electron chi connectivity index (χ0n) is 18.3. The third-order valence-electron chi connectivity index (χ3n) is 5.25. The molecule has 0 bridgehead atoms. The molecule has 172 valence electrons. The van der Waals surface area contributed by atoms with E-state index in [0.717, 1.165) is 16.6 Å². The molecule has 1 heterocycles. The lowest BCUT2D eigenvalue weighted by Gasteiger charge is -2.09. The minimum absolute atomic E-state index is 0.225. The Kier molecular flexibility index (Phi) is 6.53. The van der Waals surface area contributed by atoms with Crippen molar-refractivity contribution in [1.82, 2.24) is 15.3 Å². The number of aromatic nitrogens is 2. The Morgan fingerprint density at radius 2 is 1.54 bits per heavy atom. The topological polar surface area (TPSA) is 67.0 Å². The van der Waals surface area contributed by atoms with E-state index in [1.807, 2.05) is 72.8 Å². The van der Waals surface area contributed by atoms with Crippen molar-refractivity contribution in [2.45, 2.75) is 0 Å². The second kappa shape index (κ2) is 10.1. The molecule has 0 radical (unpaired) electrons. The largest absolute Gasteiger partial charge is 0.457 e. The fraction of sp³-hybridized carbons (Fsp3) is 0. The number of carbonyl (C=O) groups is 1. The zero-order chi connectivity index (χ0) is 24.2. The minimum atomic E-state index is -0.225. The summed E-state index contributed by atoms with van der Waals surface area (Å²) >= 11 is 12.0. The summed E-state index contributed by atoms with van der Waals surface area (Å²) in [5.41, 5.74) is 3.66. The van der Waals surface area contributed by atoms with Crippen LogP contribution in [0.4, 0.5) is 0 Å². The number of rotatable bonds is 6. The van der Waals surface area contributed by atoms with Crippen molar-refractivity contribution in [2.24, 2.45) is 0 Å². The zero-order valence-corrected chi connectivity index (χ0v) is 19.8. The van der Waals surface area contributed by atoms with Gasteiger partial charge in [-0.1, -0.05) is 65.7 Å². The lowest BCUT2D eigenvalue weighted by molar-refractivity contribution is 0.0973. The molecule has 0 atom stereocenters. The molecule has 5 rings (SSSR count). The Hall–Kier alpha value is -4.06. The second-order valence-corrected chi connectivity index (χ2v) is 8.54. The molecule has 7 heteroatoms. The monoisotopic (exact) mass is 499 g/mol. The fourth-order valence-electron chi connectivity index (χ4n) is 3.50. The number of benzene rings is 4. The third kappa shape index (κ3) is 5.38. The van der Waals surface area contributed by atoms with Gasteiger partial charge in [0.2, 0.25) is 0 Å². The molecule has 1 aromatic heterocycles. The van der Waals surface area contributed by atoms with Crippen molar-refractivity contribution in [1.29, 1.82) is 0 Å². The molecule has 0 unspecified atom stereocenters. The number of nitrogens with zero attached hydrogens (tertiary/aromatic N) is 1. The molecule has 0 aliphatic carbocycles. The molecule has 0 aliphatic heterocycles. The van der Waals surface area contributed by atoms with E-state index in [0.29, 0.717) is 38.6 Å². The lowest BCUT2D eigenvalue weighted by atomic mass is 10.1. The number of imidazole rings is 1. The van der Waals surface area contributed by atoms with Crippen LogP contribution in [-0.4, -0.2) is 15.9 Å². The van der Waals surface area contributed by atoms with Crippen LogP contribution in [0, 0.1) is 0 Å². The highest BCUT2D eigenvalue weighted by Gasteiger charge is 2.13. The number of ether oxygens (including phenoxy) is 1. The van der Waals surface area contributed by atoms with E-state index in [2.05, 4.69) is 15.3 Å². The number of hydrogen-bond donors (Lipinski definition) is 2. The molecule has 4 aromatic carbocycles. The first-order valence-electron chi connectivity index (χ1n) is 10.8. The van der Waals surface area contributed by atoms with Crippen molar-refractivity contribution in [3.63, 3.8) is 0 Å². The van der Waals surface area contributed by atoms with Gasteiger partial charge < -0.3 is 15.0 Å². The fourth-order valence-corrected chi connectivity index (χ4v) is 3.79. The Morgan fingerprint density at radius 1 is 0.829 bits per heavy atom. The number of aromatic amines is 1. The van der Waals surface area contributed by atoms with Crippen LogP contribution in [0.2, 0.25) is 10.0 Å². The van der Waals surface area contributed by atoms with Crippen LogP contribution in [0.5, 0.6) is 11.5 Å². The van der Waals surface area contributed by atoms with Crippen molar-refractivity contribution in [3.05, 3.63) is 124 Å². The van der Waals surface area contributed by atoms with Gasteiger partial charge in [0.25, 0.3) is 5.91 Å². The average Bonchev–Trinajstić information content (AvgIpc) is 3.32. The van der Waals surface area contributed by atoms with Gasteiger partial charge >= 0.3 is 0 Å². The van der Waals surface area contributed by atoms with E-state index in [1.165, 1.54) is 0 Å². The van der Waals surface area contributed by atoms with Gasteiger partial charge in [0.15, 0.2) is 5.82 Å². The summed E-state index contributed by atoms with van der Waals surface area (Å²) in [5.74, 6) is 1.56. The quantitative estimate of drug-likeness (QED) is 0.252. The molecule has 0 saturated carbocycles. The van der Waals surface area contributed by atoms with E-state index in [4.69, 9.17) is 27.9 Å². The van der Waals surface area contributed by atoms with Gasteiger partial charge in [-0.15, -0.1) is 0 Å². The number of nitrogens with one attached hydrogen (secondary N) is 2. The molecular weight excluding hydrogens is 481 g/mol.